The highest BCUT2D eigenvalue weighted by molar-refractivity contribution is 5.82. The molecule has 1 fully saturated rings. The van der Waals surface area contributed by atoms with Gasteiger partial charge in [0, 0.05) is 31.1 Å². The predicted molar refractivity (Wildman–Crippen MR) is 157 cm³/mol. The van der Waals surface area contributed by atoms with Gasteiger partial charge in [0.05, 0.1) is 0 Å². The average molecular weight is 510 g/mol. The van der Waals surface area contributed by atoms with E-state index < -0.39 is 0 Å². The Labute approximate surface area is 229 Å². The van der Waals surface area contributed by atoms with Gasteiger partial charge in [-0.15, -0.1) is 0 Å². The fourth-order valence-electron chi connectivity index (χ4n) is 5.87. The van der Waals surface area contributed by atoms with Crippen molar-refractivity contribution in [3.05, 3.63) is 120 Å². The normalized spacial score (nSPS) is 20.9. The number of ether oxygens (including phenoxy) is 1. The Kier molecular flexibility index (Phi) is 9.58. The zero-order chi connectivity index (χ0) is 27.0. The highest BCUT2D eigenvalue weighted by atomic mass is 16.5. The SMILES string of the molecule is C[C@@H]1CC[C@@H](C(C)(C)c2ccccc2)[C@H](OC(=O)/C=C/[C@@H](C)N(Cc2ccccc2)Cc2ccccc2)C1. The number of carbonyl (C=O) groups excluding carboxylic acids is 1. The van der Waals surface area contributed by atoms with E-state index in [0.29, 0.717) is 11.8 Å². The quantitative estimate of drug-likeness (QED) is 0.205. The molecule has 0 heterocycles. The van der Waals surface area contributed by atoms with E-state index in [0.717, 1.165) is 25.9 Å². The second kappa shape index (κ2) is 13.1. The molecule has 0 radical (unpaired) electrons. The molecule has 0 amide bonds. The Balaban J connectivity index is 1.45. The lowest BCUT2D eigenvalue weighted by atomic mass is 9.64. The molecule has 0 spiro atoms. The summed E-state index contributed by atoms with van der Waals surface area (Å²) in [6.45, 7) is 10.6. The molecule has 0 aromatic heterocycles. The summed E-state index contributed by atoms with van der Waals surface area (Å²) in [5.74, 6) is 0.624. The molecule has 4 rings (SSSR count). The summed E-state index contributed by atoms with van der Waals surface area (Å²) < 4.78 is 6.20. The van der Waals surface area contributed by atoms with Crippen LogP contribution < -0.4 is 0 Å². The zero-order valence-corrected chi connectivity index (χ0v) is 23.4. The summed E-state index contributed by atoms with van der Waals surface area (Å²) in [6, 6.07) is 31.7. The van der Waals surface area contributed by atoms with Crippen LogP contribution in [0.25, 0.3) is 0 Å². The van der Waals surface area contributed by atoms with Crippen LogP contribution in [0.1, 0.15) is 63.6 Å². The topological polar surface area (TPSA) is 29.5 Å². The monoisotopic (exact) mass is 509 g/mol. The van der Waals surface area contributed by atoms with Gasteiger partial charge >= 0.3 is 5.97 Å². The van der Waals surface area contributed by atoms with Gasteiger partial charge < -0.3 is 4.74 Å². The summed E-state index contributed by atoms with van der Waals surface area (Å²) in [4.78, 5) is 15.5. The smallest absolute Gasteiger partial charge is 0.330 e. The number of rotatable bonds is 10. The minimum atomic E-state index is -0.232. The van der Waals surface area contributed by atoms with E-state index in [2.05, 4.69) is 111 Å². The summed E-state index contributed by atoms with van der Waals surface area (Å²) in [7, 11) is 0. The van der Waals surface area contributed by atoms with Crippen molar-refractivity contribution in [1.29, 1.82) is 0 Å². The molecule has 38 heavy (non-hydrogen) atoms. The van der Waals surface area contributed by atoms with Crippen LogP contribution in [-0.4, -0.2) is 23.0 Å². The molecule has 0 aliphatic heterocycles. The van der Waals surface area contributed by atoms with Crippen LogP contribution in [-0.2, 0) is 28.0 Å². The number of hydrogen-bond donors (Lipinski definition) is 0. The lowest BCUT2D eigenvalue weighted by Crippen LogP contribution is -2.43. The first kappa shape index (κ1) is 27.9. The minimum absolute atomic E-state index is 0.0640. The van der Waals surface area contributed by atoms with E-state index in [1.165, 1.54) is 23.1 Å². The van der Waals surface area contributed by atoms with Crippen LogP contribution in [0.4, 0.5) is 0 Å². The third-order valence-corrected chi connectivity index (χ3v) is 8.31. The minimum Gasteiger partial charge on any atom is -0.459 e. The van der Waals surface area contributed by atoms with E-state index >= 15 is 0 Å². The standard InChI is InChI=1S/C35H43NO2/c1-27-20-22-32(35(3,4)31-18-12-7-13-19-31)33(24-27)38-34(37)23-21-28(2)36(25-29-14-8-5-9-15-29)26-30-16-10-6-11-17-30/h5-19,21,23,27-28,32-33H,20,22,24-26H2,1-4H3/b23-21+/t27-,28-,32-,33-/m1/s1. The highest BCUT2D eigenvalue weighted by Crippen LogP contribution is 2.43. The van der Waals surface area contributed by atoms with E-state index in [4.69, 9.17) is 4.74 Å². The second-order valence-electron chi connectivity index (χ2n) is 11.6. The van der Waals surface area contributed by atoms with Crippen LogP contribution in [0.3, 0.4) is 0 Å². The van der Waals surface area contributed by atoms with E-state index in [1.54, 1.807) is 6.08 Å². The van der Waals surface area contributed by atoms with Gasteiger partial charge in [-0.1, -0.05) is 124 Å². The zero-order valence-electron chi connectivity index (χ0n) is 23.4. The summed E-state index contributed by atoms with van der Waals surface area (Å²) in [5.41, 5.74) is 3.76. The number of esters is 1. The summed E-state index contributed by atoms with van der Waals surface area (Å²) in [5, 5.41) is 0. The van der Waals surface area contributed by atoms with Gasteiger partial charge in [-0.05, 0) is 47.8 Å². The molecule has 1 saturated carbocycles. The molecule has 4 atom stereocenters. The number of benzene rings is 3. The van der Waals surface area contributed by atoms with Crippen molar-refractivity contribution in [1.82, 2.24) is 4.90 Å². The number of hydrogen-bond acceptors (Lipinski definition) is 3. The average Bonchev–Trinajstić information content (AvgIpc) is 2.93. The summed E-state index contributed by atoms with van der Waals surface area (Å²) >= 11 is 0. The molecular weight excluding hydrogens is 466 g/mol. The molecule has 200 valence electrons. The molecular formula is C35H43NO2. The van der Waals surface area contributed by atoms with E-state index in [-0.39, 0.29) is 23.5 Å². The molecule has 3 aromatic carbocycles. The van der Waals surface area contributed by atoms with Crippen molar-refractivity contribution < 1.29 is 9.53 Å². The first-order valence-electron chi connectivity index (χ1n) is 14.1. The van der Waals surface area contributed by atoms with Gasteiger partial charge in [-0.3, -0.25) is 4.90 Å². The van der Waals surface area contributed by atoms with Crippen LogP contribution in [0.2, 0.25) is 0 Å². The third kappa shape index (κ3) is 7.45. The van der Waals surface area contributed by atoms with Crippen molar-refractivity contribution in [2.75, 3.05) is 0 Å². The van der Waals surface area contributed by atoms with Gasteiger partial charge in [0.15, 0.2) is 0 Å². The van der Waals surface area contributed by atoms with Gasteiger partial charge in [0.1, 0.15) is 6.10 Å². The maximum atomic E-state index is 13.1. The Morgan fingerprint density at radius 2 is 1.42 bits per heavy atom. The summed E-state index contributed by atoms with van der Waals surface area (Å²) in [6.07, 6.45) is 6.74. The molecule has 3 aromatic rings. The van der Waals surface area contributed by atoms with Gasteiger partial charge in [0.2, 0.25) is 0 Å². The number of nitrogens with zero attached hydrogens (tertiary/aromatic N) is 1. The predicted octanol–water partition coefficient (Wildman–Crippen LogP) is 7.96. The first-order chi connectivity index (χ1) is 18.3. The molecule has 3 nitrogen and oxygen atoms in total. The fraction of sp³-hybridized carbons (Fsp3) is 0.400. The number of carbonyl (C=O) groups is 1. The molecule has 1 aliphatic rings. The molecule has 3 heteroatoms. The Morgan fingerprint density at radius 1 is 0.895 bits per heavy atom. The highest BCUT2D eigenvalue weighted by Gasteiger charge is 2.41. The van der Waals surface area contributed by atoms with Crippen molar-refractivity contribution in [3.63, 3.8) is 0 Å². The third-order valence-electron chi connectivity index (χ3n) is 8.31. The van der Waals surface area contributed by atoms with Crippen molar-refractivity contribution in [3.8, 4) is 0 Å². The van der Waals surface area contributed by atoms with Crippen LogP contribution >= 0.6 is 0 Å². The molecule has 1 aliphatic carbocycles. The van der Waals surface area contributed by atoms with Crippen molar-refractivity contribution in [2.24, 2.45) is 11.8 Å². The van der Waals surface area contributed by atoms with Gasteiger partial charge in [0.25, 0.3) is 0 Å². The molecule has 0 saturated heterocycles. The lowest BCUT2D eigenvalue weighted by molar-refractivity contribution is -0.150. The Bertz CT molecular complexity index is 1110. The largest absolute Gasteiger partial charge is 0.459 e. The van der Waals surface area contributed by atoms with Crippen LogP contribution in [0.15, 0.2) is 103 Å². The fourth-order valence-corrected chi connectivity index (χ4v) is 5.87. The van der Waals surface area contributed by atoms with Gasteiger partial charge in [-0.2, -0.15) is 0 Å². The van der Waals surface area contributed by atoms with Crippen LogP contribution in [0.5, 0.6) is 0 Å². The Hall–Kier alpha value is -3.17. The molecule has 0 bridgehead atoms. The maximum absolute atomic E-state index is 13.1. The first-order valence-corrected chi connectivity index (χ1v) is 14.1. The molecule has 0 N–H and O–H groups in total. The maximum Gasteiger partial charge on any atom is 0.330 e. The lowest BCUT2D eigenvalue weighted by Gasteiger charge is -2.43. The van der Waals surface area contributed by atoms with Crippen molar-refractivity contribution in [2.45, 2.75) is 77.6 Å². The Morgan fingerprint density at radius 3 is 1.97 bits per heavy atom. The molecule has 0 unspecified atom stereocenters. The van der Waals surface area contributed by atoms with Gasteiger partial charge in [-0.25, -0.2) is 4.79 Å². The van der Waals surface area contributed by atoms with E-state index in [1.807, 2.05) is 18.2 Å². The second-order valence-corrected chi connectivity index (χ2v) is 11.6. The van der Waals surface area contributed by atoms with E-state index in [9.17, 15) is 4.79 Å². The van der Waals surface area contributed by atoms with Crippen molar-refractivity contribution >= 4 is 5.97 Å². The van der Waals surface area contributed by atoms with Crippen LogP contribution in [0, 0.1) is 11.8 Å².